The van der Waals surface area contributed by atoms with Crippen molar-refractivity contribution in [2.45, 2.75) is 62.4 Å². The Labute approximate surface area is 228 Å². The number of carboxylic acid groups (broad SMARTS) is 1. The Hall–Kier alpha value is -3.88. The van der Waals surface area contributed by atoms with Gasteiger partial charge in [-0.3, -0.25) is 9.59 Å². The fourth-order valence-corrected chi connectivity index (χ4v) is 5.57. The van der Waals surface area contributed by atoms with E-state index in [1.54, 1.807) is 12.1 Å². The summed E-state index contributed by atoms with van der Waals surface area (Å²) < 4.78 is 11.0. The number of nitrogens with two attached hydrogens (primary N) is 2. The number of aliphatic hydroxyl groups is 3. The summed E-state index contributed by atoms with van der Waals surface area (Å²) in [5.41, 5.74) is 13.1. The number of benzene rings is 2. The monoisotopic (exact) mass is 557 g/mol. The van der Waals surface area contributed by atoms with Crippen molar-refractivity contribution in [3.8, 4) is 11.1 Å². The van der Waals surface area contributed by atoms with Crippen LogP contribution < -0.4 is 11.5 Å². The van der Waals surface area contributed by atoms with Crippen molar-refractivity contribution in [1.82, 2.24) is 4.90 Å². The van der Waals surface area contributed by atoms with Gasteiger partial charge in [0, 0.05) is 6.92 Å². The average molecular weight is 558 g/mol. The van der Waals surface area contributed by atoms with Crippen LogP contribution in [0.3, 0.4) is 0 Å². The Kier molecular flexibility index (Phi) is 8.23. The molecule has 1 aliphatic carbocycles. The summed E-state index contributed by atoms with van der Waals surface area (Å²) in [4.78, 5) is 51.5. The number of aliphatic carboxylic acids is 1. The molecule has 1 unspecified atom stereocenters. The van der Waals surface area contributed by atoms with Gasteiger partial charge in [0.25, 0.3) is 0 Å². The minimum absolute atomic E-state index is 0.182. The van der Waals surface area contributed by atoms with Gasteiger partial charge in [-0.15, -0.1) is 0 Å². The number of amides is 3. The minimum atomic E-state index is -2.89. The fourth-order valence-electron chi connectivity index (χ4n) is 5.57. The molecule has 0 spiro atoms. The number of primary amides is 1. The van der Waals surface area contributed by atoms with Crippen molar-refractivity contribution in [3.05, 3.63) is 59.2 Å². The average Bonchev–Trinajstić information content (AvgIpc) is 3.29. The summed E-state index contributed by atoms with van der Waals surface area (Å²) >= 11 is 0. The molecule has 2 aromatic carbocycles. The molecule has 0 aromatic heterocycles. The number of nitrogens with zero attached hydrogens (tertiary/aromatic N) is 1. The van der Waals surface area contributed by atoms with E-state index < -0.39 is 72.9 Å². The number of carbonyl (C=O) groups excluding carboxylic acids is 3. The van der Waals surface area contributed by atoms with Crippen molar-refractivity contribution in [2.75, 3.05) is 6.61 Å². The lowest BCUT2D eigenvalue weighted by atomic mass is 9.77. The van der Waals surface area contributed by atoms with Gasteiger partial charge in [-0.05, 0) is 34.2 Å². The largest absolute Gasteiger partial charge is 0.479 e. The highest BCUT2D eigenvalue weighted by Crippen LogP contribution is 2.39. The molecule has 8 N–H and O–H groups in total. The van der Waals surface area contributed by atoms with Crippen molar-refractivity contribution in [3.63, 3.8) is 0 Å². The molecule has 1 aliphatic heterocycles. The number of carbonyl (C=O) groups is 4. The molecule has 1 saturated heterocycles. The highest BCUT2D eigenvalue weighted by Gasteiger charge is 2.62. The zero-order chi connectivity index (χ0) is 29.4. The van der Waals surface area contributed by atoms with Gasteiger partial charge in [0.15, 0.2) is 5.54 Å². The van der Waals surface area contributed by atoms with Gasteiger partial charge in [0.2, 0.25) is 11.8 Å². The zero-order valence-electron chi connectivity index (χ0n) is 21.6. The normalized spacial score (nSPS) is 24.8. The highest BCUT2D eigenvalue weighted by atomic mass is 16.6. The molecule has 6 atom stereocenters. The van der Waals surface area contributed by atoms with E-state index >= 15 is 0 Å². The van der Waals surface area contributed by atoms with E-state index in [4.69, 9.17) is 20.9 Å². The number of carboxylic acids is 1. The molecule has 0 radical (unpaired) electrons. The van der Waals surface area contributed by atoms with Crippen LogP contribution in [0, 0.1) is 0 Å². The van der Waals surface area contributed by atoms with E-state index in [9.17, 15) is 39.6 Å². The number of fused-ring (bicyclic) bond motifs is 3. The second kappa shape index (κ2) is 11.3. The van der Waals surface area contributed by atoms with Gasteiger partial charge < -0.3 is 41.4 Å². The van der Waals surface area contributed by atoms with Gasteiger partial charge >= 0.3 is 12.1 Å². The topological polar surface area (TPSA) is 223 Å². The number of rotatable bonds is 8. The van der Waals surface area contributed by atoms with E-state index in [1.807, 2.05) is 30.3 Å². The first-order valence-electron chi connectivity index (χ1n) is 12.5. The lowest BCUT2D eigenvalue weighted by Gasteiger charge is -2.50. The quantitative estimate of drug-likeness (QED) is 0.202. The summed E-state index contributed by atoms with van der Waals surface area (Å²) in [6.07, 6.45) is -9.11. The van der Waals surface area contributed by atoms with Gasteiger partial charge in [0.05, 0.1) is 19.1 Å². The highest BCUT2D eigenvalue weighted by molar-refractivity contribution is 6.00. The van der Waals surface area contributed by atoms with E-state index in [1.165, 1.54) is 0 Å². The molecule has 40 heavy (non-hydrogen) atoms. The van der Waals surface area contributed by atoms with Crippen LogP contribution in [-0.2, 0) is 36.9 Å². The van der Waals surface area contributed by atoms with Crippen LogP contribution in [0.15, 0.2) is 42.5 Å². The number of aliphatic hydroxyl groups excluding tert-OH is 3. The summed E-state index contributed by atoms with van der Waals surface area (Å²) in [5.74, 6) is -4.29. The Balaban J connectivity index is 1.70. The van der Waals surface area contributed by atoms with E-state index in [0.717, 1.165) is 29.2 Å². The van der Waals surface area contributed by atoms with Crippen LogP contribution in [0.25, 0.3) is 11.1 Å². The summed E-state index contributed by atoms with van der Waals surface area (Å²) in [7, 11) is 0. The van der Waals surface area contributed by atoms with Gasteiger partial charge in [-0.25, -0.2) is 14.5 Å². The van der Waals surface area contributed by atoms with Crippen LogP contribution in [0.1, 0.15) is 30.0 Å². The molecule has 0 saturated carbocycles. The number of ether oxygens (including phenoxy) is 2. The van der Waals surface area contributed by atoms with Crippen LogP contribution in [0.5, 0.6) is 0 Å². The lowest BCUT2D eigenvalue weighted by molar-refractivity contribution is -0.224. The zero-order valence-corrected chi connectivity index (χ0v) is 21.6. The van der Waals surface area contributed by atoms with Crippen molar-refractivity contribution < 1.29 is 49.1 Å². The standard InChI is InChI=1S/C27H31N3O10/c1-13(32)30(26(38)39-12-15-6-4-8-17-16-7-3-2-5-14(16)9-18(15)17)27(25(36)37,10-20(28)33)24-21(29)23(35)22(34)19(11-31)40-24/h2-8,19,21-24,31,34-35H,9-12,29H2,1H3,(H2,28,33)(H,36,37)/t19-,21-,22-,23-,24?,27-/m1/s1. The van der Waals surface area contributed by atoms with Crippen molar-refractivity contribution in [2.24, 2.45) is 11.5 Å². The Morgan fingerprint density at radius 3 is 2.38 bits per heavy atom. The van der Waals surface area contributed by atoms with E-state index in [2.05, 4.69) is 0 Å². The first-order valence-corrected chi connectivity index (χ1v) is 12.5. The SMILES string of the molecule is CC(=O)N(C(=O)OCc1cccc2c1Cc1ccccc1-2)[C@@](CC(N)=O)(C(=O)O)C1O[C@H](CO)[C@@H](O)[C@H](O)[C@H]1N. The van der Waals surface area contributed by atoms with Crippen LogP contribution in [0.4, 0.5) is 4.79 Å². The van der Waals surface area contributed by atoms with Crippen LogP contribution in [0.2, 0.25) is 0 Å². The Morgan fingerprint density at radius 2 is 1.75 bits per heavy atom. The molecule has 214 valence electrons. The van der Waals surface area contributed by atoms with Crippen LogP contribution in [-0.4, -0.2) is 91.8 Å². The maximum atomic E-state index is 13.5. The molecule has 2 aliphatic rings. The number of imide groups is 1. The predicted octanol–water partition coefficient (Wildman–Crippen LogP) is -0.749. The smallest absolute Gasteiger partial charge is 0.418 e. The van der Waals surface area contributed by atoms with Gasteiger partial charge in [-0.2, -0.15) is 0 Å². The van der Waals surface area contributed by atoms with Gasteiger partial charge in [0.1, 0.15) is 31.0 Å². The molecule has 2 aromatic rings. The third-order valence-corrected chi connectivity index (χ3v) is 7.46. The Morgan fingerprint density at radius 1 is 1.07 bits per heavy atom. The summed E-state index contributed by atoms with van der Waals surface area (Å²) in [6.45, 7) is -0.343. The van der Waals surface area contributed by atoms with Crippen LogP contribution >= 0.6 is 0 Å². The first kappa shape index (κ1) is 29.1. The molecule has 13 heteroatoms. The maximum Gasteiger partial charge on any atom is 0.418 e. The summed E-state index contributed by atoms with van der Waals surface area (Å²) in [5, 5.41) is 40.7. The first-order chi connectivity index (χ1) is 18.9. The molecule has 4 rings (SSSR count). The molecular formula is C27H31N3O10. The predicted molar refractivity (Wildman–Crippen MR) is 137 cm³/mol. The third kappa shape index (κ3) is 4.93. The second-order valence-electron chi connectivity index (χ2n) is 9.89. The lowest BCUT2D eigenvalue weighted by Crippen LogP contribution is -2.76. The third-order valence-electron chi connectivity index (χ3n) is 7.46. The molecule has 1 fully saturated rings. The second-order valence-corrected chi connectivity index (χ2v) is 9.89. The molecule has 1 heterocycles. The Bertz CT molecular complexity index is 1330. The number of hydrogen-bond donors (Lipinski definition) is 6. The fraction of sp³-hybridized carbons (Fsp3) is 0.407. The summed E-state index contributed by atoms with van der Waals surface area (Å²) in [6, 6.07) is 11.5. The molecule has 3 amide bonds. The van der Waals surface area contributed by atoms with Gasteiger partial charge in [-0.1, -0.05) is 42.5 Å². The van der Waals surface area contributed by atoms with Crippen molar-refractivity contribution >= 4 is 23.9 Å². The minimum Gasteiger partial charge on any atom is -0.479 e. The molecule has 0 bridgehead atoms. The molecular weight excluding hydrogens is 526 g/mol. The number of hydrogen-bond acceptors (Lipinski definition) is 10. The van der Waals surface area contributed by atoms with Crippen molar-refractivity contribution in [1.29, 1.82) is 0 Å². The maximum absolute atomic E-state index is 13.5. The molecule has 13 nitrogen and oxygen atoms in total. The van der Waals surface area contributed by atoms with E-state index in [0.29, 0.717) is 12.0 Å². The van der Waals surface area contributed by atoms with E-state index in [-0.39, 0.29) is 11.5 Å².